The van der Waals surface area contributed by atoms with Crippen LogP contribution in [-0.2, 0) is 14.3 Å². The fourth-order valence-electron chi connectivity index (χ4n) is 3.05. The Hall–Kier alpha value is -2.94. The van der Waals surface area contributed by atoms with Gasteiger partial charge in [0, 0.05) is 24.4 Å². The lowest BCUT2D eigenvalue weighted by atomic mass is 9.95. The molecule has 2 heterocycles. The van der Waals surface area contributed by atoms with E-state index in [9.17, 15) is 19.7 Å². The van der Waals surface area contributed by atoms with E-state index >= 15 is 0 Å². The number of amides is 2. The number of nitro benzene ring substituents is 1. The lowest BCUT2D eigenvalue weighted by Gasteiger charge is -2.28. The van der Waals surface area contributed by atoms with Crippen LogP contribution < -0.4 is 10.6 Å². The van der Waals surface area contributed by atoms with Gasteiger partial charge in [0.05, 0.1) is 22.6 Å². The summed E-state index contributed by atoms with van der Waals surface area (Å²) < 4.78 is 10.8. The van der Waals surface area contributed by atoms with Crippen molar-refractivity contribution in [2.24, 2.45) is 0 Å². The lowest BCUT2D eigenvalue weighted by Crippen LogP contribution is -2.45. The Balaban J connectivity index is 1.85. The lowest BCUT2D eigenvalue weighted by molar-refractivity contribution is -0.384. The number of nitrogens with one attached hydrogen (secondary N) is 2. The number of ether oxygens (including phenoxy) is 2. The summed E-state index contributed by atoms with van der Waals surface area (Å²) >= 11 is 0. The summed E-state index contributed by atoms with van der Waals surface area (Å²) in [4.78, 5) is 35.0. The van der Waals surface area contributed by atoms with Crippen LogP contribution in [0.15, 0.2) is 35.5 Å². The molecule has 0 saturated carbocycles. The second-order valence-electron chi connectivity index (χ2n) is 6.16. The van der Waals surface area contributed by atoms with Crippen LogP contribution in [0.5, 0.6) is 0 Å². The van der Waals surface area contributed by atoms with Crippen molar-refractivity contribution < 1.29 is 24.0 Å². The monoisotopic (exact) mass is 361 g/mol. The fraction of sp³-hybridized carbons (Fsp3) is 0.412. The van der Waals surface area contributed by atoms with Gasteiger partial charge in [0.15, 0.2) is 0 Å². The molecular formula is C17H19N3O6. The van der Waals surface area contributed by atoms with Crippen LogP contribution in [-0.4, -0.2) is 36.2 Å². The van der Waals surface area contributed by atoms with E-state index in [1.165, 1.54) is 18.2 Å². The van der Waals surface area contributed by atoms with E-state index < -0.39 is 23.0 Å². The first-order chi connectivity index (χ1) is 12.5. The number of hydrogen-bond donors (Lipinski definition) is 2. The van der Waals surface area contributed by atoms with Gasteiger partial charge in [-0.3, -0.25) is 10.1 Å². The molecule has 0 aromatic heterocycles. The summed E-state index contributed by atoms with van der Waals surface area (Å²) in [5, 5.41) is 16.2. The number of benzene rings is 1. The van der Waals surface area contributed by atoms with Crippen molar-refractivity contribution in [1.82, 2.24) is 10.6 Å². The highest BCUT2D eigenvalue weighted by Gasteiger charge is 2.33. The summed E-state index contributed by atoms with van der Waals surface area (Å²) in [5.41, 5.74) is 0.864. The molecular weight excluding hydrogens is 342 g/mol. The molecule has 1 fully saturated rings. The first-order valence-electron chi connectivity index (χ1n) is 8.27. The van der Waals surface area contributed by atoms with Crippen LogP contribution in [0, 0.1) is 10.1 Å². The molecule has 0 aliphatic carbocycles. The summed E-state index contributed by atoms with van der Waals surface area (Å²) in [6, 6.07) is 4.47. The third kappa shape index (κ3) is 3.83. The molecule has 2 aliphatic rings. The smallest absolute Gasteiger partial charge is 0.338 e. The number of carbonyl (C=O) groups excluding carboxylic acids is 2. The second-order valence-corrected chi connectivity index (χ2v) is 6.16. The fourth-order valence-corrected chi connectivity index (χ4v) is 3.05. The predicted octanol–water partition coefficient (Wildman–Crippen LogP) is 1.94. The van der Waals surface area contributed by atoms with E-state index in [2.05, 4.69) is 10.6 Å². The summed E-state index contributed by atoms with van der Waals surface area (Å²) in [6.45, 7) is 2.37. The first kappa shape index (κ1) is 17.9. The van der Waals surface area contributed by atoms with E-state index in [0.717, 1.165) is 12.8 Å². The van der Waals surface area contributed by atoms with E-state index in [-0.39, 0.29) is 24.0 Å². The molecule has 0 spiro atoms. The van der Waals surface area contributed by atoms with Gasteiger partial charge in [-0.15, -0.1) is 0 Å². The average molecular weight is 361 g/mol. The number of rotatable bonds is 5. The molecule has 26 heavy (non-hydrogen) atoms. The molecule has 9 heteroatoms. The van der Waals surface area contributed by atoms with Crippen LogP contribution in [0.4, 0.5) is 10.5 Å². The van der Waals surface area contributed by atoms with Crippen molar-refractivity contribution in [1.29, 1.82) is 0 Å². The Labute approximate surface area is 149 Å². The predicted molar refractivity (Wildman–Crippen MR) is 90.1 cm³/mol. The molecule has 9 nitrogen and oxygen atoms in total. The van der Waals surface area contributed by atoms with Gasteiger partial charge in [0.25, 0.3) is 5.69 Å². The molecule has 2 N–H and O–H groups in total. The minimum atomic E-state index is -0.833. The van der Waals surface area contributed by atoms with E-state index in [4.69, 9.17) is 9.47 Å². The zero-order valence-electron chi connectivity index (χ0n) is 14.2. The maximum Gasteiger partial charge on any atom is 0.338 e. The summed E-state index contributed by atoms with van der Waals surface area (Å²) in [5.74, 6) is -0.595. The van der Waals surface area contributed by atoms with Gasteiger partial charge in [-0.2, -0.15) is 0 Å². The largest absolute Gasteiger partial charge is 0.459 e. The number of esters is 1. The minimum Gasteiger partial charge on any atom is -0.459 e. The SMILES string of the molecule is CC1=C(C(=O)OC[C@@H]2CCCO2)[C@H](c2cccc([N+](=O)[O-])c2)NC(=O)N1. The molecule has 0 unspecified atom stereocenters. The Bertz CT molecular complexity index is 770. The normalized spacial score (nSPS) is 22.6. The molecule has 0 radical (unpaired) electrons. The number of nitro groups is 1. The number of non-ortho nitro benzene ring substituents is 1. The molecule has 1 aromatic rings. The number of urea groups is 1. The molecule has 2 atom stereocenters. The molecule has 2 amide bonds. The van der Waals surface area contributed by atoms with Gasteiger partial charge in [-0.05, 0) is 25.3 Å². The molecule has 2 aliphatic heterocycles. The van der Waals surface area contributed by atoms with Crippen molar-refractivity contribution in [3.8, 4) is 0 Å². The van der Waals surface area contributed by atoms with Crippen LogP contribution in [0.2, 0.25) is 0 Å². The highest BCUT2D eigenvalue weighted by atomic mass is 16.6. The quantitative estimate of drug-likeness (QED) is 0.470. The Morgan fingerprint density at radius 3 is 2.96 bits per heavy atom. The number of hydrogen-bond acceptors (Lipinski definition) is 6. The van der Waals surface area contributed by atoms with Crippen molar-refractivity contribution >= 4 is 17.7 Å². The van der Waals surface area contributed by atoms with Gasteiger partial charge in [0.1, 0.15) is 6.61 Å². The number of carbonyl (C=O) groups is 2. The third-order valence-corrected chi connectivity index (χ3v) is 4.33. The van der Waals surface area contributed by atoms with Crippen molar-refractivity contribution in [2.75, 3.05) is 13.2 Å². The van der Waals surface area contributed by atoms with Crippen molar-refractivity contribution in [2.45, 2.75) is 31.9 Å². The summed E-state index contributed by atoms with van der Waals surface area (Å²) in [7, 11) is 0. The van der Waals surface area contributed by atoms with Gasteiger partial charge in [-0.25, -0.2) is 9.59 Å². The standard InChI is InChI=1S/C17H19N3O6/c1-10-14(16(21)26-9-13-6-3-7-25-13)15(19-17(22)18-10)11-4-2-5-12(8-11)20(23)24/h2,4-5,8,13,15H,3,6-7,9H2,1H3,(H2,18,19,22)/t13-,15-/m0/s1. The first-order valence-corrected chi connectivity index (χ1v) is 8.27. The number of allylic oxidation sites excluding steroid dienone is 1. The Morgan fingerprint density at radius 2 is 2.27 bits per heavy atom. The van der Waals surface area contributed by atoms with Crippen LogP contribution in [0.3, 0.4) is 0 Å². The molecule has 1 aromatic carbocycles. The van der Waals surface area contributed by atoms with E-state index in [1.54, 1.807) is 13.0 Å². The van der Waals surface area contributed by atoms with Crippen LogP contribution >= 0.6 is 0 Å². The minimum absolute atomic E-state index is 0.123. The highest BCUT2D eigenvalue weighted by molar-refractivity contribution is 5.95. The molecule has 0 bridgehead atoms. The maximum atomic E-state index is 12.6. The third-order valence-electron chi connectivity index (χ3n) is 4.33. The second kappa shape index (κ2) is 7.52. The van der Waals surface area contributed by atoms with E-state index in [1.807, 2.05) is 0 Å². The van der Waals surface area contributed by atoms with Crippen LogP contribution in [0.25, 0.3) is 0 Å². The molecule has 3 rings (SSSR count). The maximum absolute atomic E-state index is 12.6. The highest BCUT2D eigenvalue weighted by Crippen LogP contribution is 2.29. The summed E-state index contributed by atoms with van der Waals surface area (Å²) in [6.07, 6.45) is 1.63. The van der Waals surface area contributed by atoms with Gasteiger partial charge < -0.3 is 20.1 Å². The topological polar surface area (TPSA) is 120 Å². The molecule has 138 valence electrons. The number of nitrogens with zero attached hydrogens (tertiary/aromatic N) is 1. The van der Waals surface area contributed by atoms with Gasteiger partial charge in [-0.1, -0.05) is 12.1 Å². The van der Waals surface area contributed by atoms with Crippen molar-refractivity contribution in [3.05, 3.63) is 51.2 Å². The Kier molecular flexibility index (Phi) is 5.17. The Morgan fingerprint density at radius 1 is 1.46 bits per heavy atom. The van der Waals surface area contributed by atoms with Gasteiger partial charge in [0.2, 0.25) is 0 Å². The average Bonchev–Trinajstić information content (AvgIpc) is 3.12. The molecule has 1 saturated heterocycles. The van der Waals surface area contributed by atoms with Crippen LogP contribution in [0.1, 0.15) is 31.4 Å². The zero-order chi connectivity index (χ0) is 18.7. The van der Waals surface area contributed by atoms with Gasteiger partial charge >= 0.3 is 12.0 Å². The van der Waals surface area contributed by atoms with E-state index in [0.29, 0.717) is 17.9 Å². The zero-order valence-corrected chi connectivity index (χ0v) is 14.2. The van der Waals surface area contributed by atoms with Crippen molar-refractivity contribution in [3.63, 3.8) is 0 Å².